The van der Waals surface area contributed by atoms with Crippen molar-refractivity contribution in [3.8, 4) is 0 Å². The van der Waals surface area contributed by atoms with Crippen molar-refractivity contribution >= 4 is 5.91 Å². The van der Waals surface area contributed by atoms with Crippen molar-refractivity contribution in [2.24, 2.45) is 11.3 Å². The van der Waals surface area contributed by atoms with E-state index in [1.807, 2.05) is 0 Å². The van der Waals surface area contributed by atoms with E-state index < -0.39 is 11.7 Å². The molecule has 3 saturated carbocycles. The SMILES string of the molecule is O=C(NNCc1ccc(C(F)(F)F)cn1)C12CC(C1)C2. The minimum Gasteiger partial charge on any atom is -0.291 e. The summed E-state index contributed by atoms with van der Waals surface area (Å²) in [6.45, 7) is 0.198. The first-order chi connectivity index (χ1) is 9.39. The van der Waals surface area contributed by atoms with Gasteiger partial charge in [-0.1, -0.05) is 0 Å². The Bertz CT molecular complexity index is 510. The van der Waals surface area contributed by atoms with Gasteiger partial charge in [0.05, 0.1) is 23.2 Å². The van der Waals surface area contributed by atoms with Crippen molar-refractivity contribution in [1.29, 1.82) is 0 Å². The Morgan fingerprint density at radius 3 is 2.50 bits per heavy atom. The number of carbonyl (C=O) groups excluding carboxylic acids is 1. The van der Waals surface area contributed by atoms with Crippen LogP contribution >= 0.6 is 0 Å². The Morgan fingerprint density at radius 2 is 2.05 bits per heavy atom. The van der Waals surface area contributed by atoms with E-state index in [-0.39, 0.29) is 17.9 Å². The van der Waals surface area contributed by atoms with Gasteiger partial charge in [0.1, 0.15) is 0 Å². The lowest BCUT2D eigenvalue weighted by atomic mass is 9.44. The number of hydrogen-bond acceptors (Lipinski definition) is 3. The first-order valence-electron chi connectivity index (χ1n) is 6.44. The van der Waals surface area contributed by atoms with Crippen molar-refractivity contribution in [2.45, 2.75) is 32.0 Å². The number of rotatable bonds is 4. The van der Waals surface area contributed by atoms with Gasteiger partial charge in [0.15, 0.2) is 0 Å². The zero-order valence-corrected chi connectivity index (χ0v) is 10.6. The van der Waals surface area contributed by atoms with Gasteiger partial charge in [0.25, 0.3) is 0 Å². The Hall–Kier alpha value is -1.63. The maximum Gasteiger partial charge on any atom is 0.417 e. The molecule has 1 heterocycles. The van der Waals surface area contributed by atoms with Crippen molar-refractivity contribution < 1.29 is 18.0 Å². The molecule has 0 unspecified atom stereocenters. The standard InChI is InChI=1S/C13H14F3N3O/c14-13(15,16)9-1-2-10(17-6-9)7-18-19-11(20)12-3-8(4-12)5-12/h1-2,6,8,18H,3-5,7H2,(H,19,20). The van der Waals surface area contributed by atoms with Crippen LogP contribution in [0.15, 0.2) is 18.3 Å². The van der Waals surface area contributed by atoms with Crippen LogP contribution in [-0.4, -0.2) is 10.9 Å². The number of aromatic nitrogens is 1. The predicted molar refractivity (Wildman–Crippen MR) is 64.0 cm³/mol. The lowest BCUT2D eigenvalue weighted by molar-refractivity contribution is -0.166. The number of pyridine rings is 1. The number of nitrogens with zero attached hydrogens (tertiary/aromatic N) is 1. The Balaban J connectivity index is 1.47. The maximum absolute atomic E-state index is 12.3. The molecule has 0 spiro atoms. The van der Waals surface area contributed by atoms with Crippen LogP contribution in [0.1, 0.15) is 30.5 Å². The zero-order valence-electron chi connectivity index (χ0n) is 10.6. The van der Waals surface area contributed by atoms with Gasteiger partial charge in [-0.05, 0) is 37.3 Å². The van der Waals surface area contributed by atoms with Crippen LogP contribution in [0.3, 0.4) is 0 Å². The fraction of sp³-hybridized carbons (Fsp3) is 0.538. The smallest absolute Gasteiger partial charge is 0.291 e. The number of nitrogens with one attached hydrogen (secondary N) is 2. The van der Waals surface area contributed by atoms with Gasteiger partial charge in [0.2, 0.25) is 5.91 Å². The summed E-state index contributed by atoms with van der Waals surface area (Å²) in [4.78, 5) is 15.5. The molecule has 1 amide bonds. The fourth-order valence-corrected chi connectivity index (χ4v) is 2.80. The average molecular weight is 285 g/mol. The summed E-state index contributed by atoms with van der Waals surface area (Å²) in [6.07, 6.45) is -0.714. The molecule has 3 fully saturated rings. The summed E-state index contributed by atoms with van der Waals surface area (Å²) in [5.41, 5.74) is 4.81. The lowest BCUT2D eigenvalue weighted by Gasteiger charge is -2.59. The highest BCUT2D eigenvalue weighted by Gasteiger charge is 2.61. The van der Waals surface area contributed by atoms with E-state index in [1.165, 1.54) is 6.07 Å². The fourth-order valence-electron chi connectivity index (χ4n) is 2.80. The predicted octanol–water partition coefficient (Wildman–Crippen LogP) is 2.02. The molecule has 20 heavy (non-hydrogen) atoms. The summed E-state index contributed by atoms with van der Waals surface area (Å²) < 4.78 is 37.0. The van der Waals surface area contributed by atoms with E-state index in [0.717, 1.165) is 37.4 Å². The molecular weight excluding hydrogens is 271 g/mol. The molecule has 4 rings (SSSR count). The van der Waals surface area contributed by atoms with E-state index in [1.54, 1.807) is 0 Å². The summed E-state index contributed by atoms with van der Waals surface area (Å²) in [7, 11) is 0. The van der Waals surface area contributed by atoms with E-state index in [9.17, 15) is 18.0 Å². The molecule has 1 aromatic heterocycles. The van der Waals surface area contributed by atoms with Crippen molar-refractivity contribution in [1.82, 2.24) is 15.8 Å². The number of amides is 1. The molecule has 0 radical (unpaired) electrons. The lowest BCUT2D eigenvalue weighted by Crippen LogP contribution is -2.62. The molecule has 2 N–H and O–H groups in total. The minimum absolute atomic E-state index is 0.0214. The normalized spacial score (nSPS) is 27.4. The highest BCUT2D eigenvalue weighted by Crippen LogP contribution is 2.64. The second-order valence-corrected chi connectivity index (χ2v) is 5.60. The summed E-state index contributed by atoms with van der Waals surface area (Å²) in [6, 6.07) is 2.27. The molecule has 0 aliphatic heterocycles. The molecule has 7 heteroatoms. The van der Waals surface area contributed by atoms with Crippen molar-refractivity contribution in [3.05, 3.63) is 29.6 Å². The summed E-state index contributed by atoms with van der Waals surface area (Å²) in [5, 5.41) is 0. The number of carbonyl (C=O) groups is 1. The van der Waals surface area contributed by atoms with Crippen LogP contribution in [0.5, 0.6) is 0 Å². The maximum atomic E-state index is 12.3. The topological polar surface area (TPSA) is 54.0 Å². The van der Waals surface area contributed by atoms with E-state index in [2.05, 4.69) is 15.8 Å². The molecule has 0 aromatic carbocycles. The molecule has 2 bridgehead atoms. The Labute approximate surface area is 113 Å². The molecule has 0 atom stereocenters. The van der Waals surface area contributed by atoms with Gasteiger partial charge in [-0.25, -0.2) is 5.43 Å². The number of hydrazine groups is 1. The van der Waals surface area contributed by atoms with E-state index in [0.29, 0.717) is 5.69 Å². The number of alkyl halides is 3. The summed E-state index contributed by atoms with van der Waals surface area (Å²) >= 11 is 0. The van der Waals surface area contributed by atoms with Crippen LogP contribution in [0, 0.1) is 11.3 Å². The molecule has 3 aliphatic carbocycles. The van der Waals surface area contributed by atoms with Crippen LogP contribution in [-0.2, 0) is 17.5 Å². The highest BCUT2D eigenvalue weighted by molar-refractivity contribution is 5.85. The first kappa shape index (κ1) is 13.4. The van der Waals surface area contributed by atoms with Gasteiger partial charge in [0, 0.05) is 6.20 Å². The third-order valence-corrected chi connectivity index (χ3v) is 4.14. The highest BCUT2D eigenvalue weighted by atomic mass is 19.4. The second kappa shape index (κ2) is 4.44. The largest absolute Gasteiger partial charge is 0.417 e. The number of halogens is 3. The minimum atomic E-state index is -4.38. The molecule has 4 nitrogen and oxygen atoms in total. The molecule has 108 valence electrons. The molecule has 0 saturated heterocycles. The van der Waals surface area contributed by atoms with Gasteiger partial charge < -0.3 is 0 Å². The quantitative estimate of drug-likeness (QED) is 0.832. The van der Waals surface area contributed by atoms with Crippen LogP contribution in [0.2, 0.25) is 0 Å². The van der Waals surface area contributed by atoms with Gasteiger partial charge in [-0.15, -0.1) is 0 Å². The Morgan fingerprint density at radius 1 is 1.35 bits per heavy atom. The summed E-state index contributed by atoms with van der Waals surface area (Å²) in [5.74, 6) is 0.698. The Kier molecular flexibility index (Phi) is 2.97. The van der Waals surface area contributed by atoms with E-state index >= 15 is 0 Å². The second-order valence-electron chi connectivity index (χ2n) is 5.60. The monoisotopic (exact) mass is 285 g/mol. The number of hydrogen-bond donors (Lipinski definition) is 2. The van der Waals surface area contributed by atoms with E-state index in [4.69, 9.17) is 0 Å². The third-order valence-electron chi connectivity index (χ3n) is 4.14. The zero-order chi connectivity index (χ0) is 14.4. The van der Waals surface area contributed by atoms with Gasteiger partial charge >= 0.3 is 6.18 Å². The molecule has 1 aromatic rings. The first-order valence-corrected chi connectivity index (χ1v) is 6.44. The van der Waals surface area contributed by atoms with Gasteiger partial charge in [-0.2, -0.15) is 13.2 Å². The van der Waals surface area contributed by atoms with Crippen molar-refractivity contribution in [2.75, 3.05) is 0 Å². The average Bonchev–Trinajstić information content (AvgIpc) is 2.24. The van der Waals surface area contributed by atoms with Crippen LogP contribution < -0.4 is 10.9 Å². The third kappa shape index (κ3) is 2.26. The van der Waals surface area contributed by atoms with Crippen molar-refractivity contribution in [3.63, 3.8) is 0 Å². The molecular formula is C13H14F3N3O. The van der Waals surface area contributed by atoms with Crippen LogP contribution in [0.4, 0.5) is 13.2 Å². The van der Waals surface area contributed by atoms with Gasteiger partial charge in [-0.3, -0.25) is 15.2 Å². The molecule has 3 aliphatic rings. The van der Waals surface area contributed by atoms with Crippen LogP contribution in [0.25, 0.3) is 0 Å².